The molecule has 6 heteroatoms. The highest BCUT2D eigenvalue weighted by atomic mass is 16.5. The fourth-order valence-electron chi connectivity index (χ4n) is 1.08. The number of carbonyl (C=O) groups is 1. The minimum absolute atomic E-state index is 0.0585. The Morgan fingerprint density at radius 3 is 2.87 bits per heavy atom. The van der Waals surface area contributed by atoms with Crippen molar-refractivity contribution in [3.05, 3.63) is 18.3 Å². The van der Waals surface area contributed by atoms with Crippen LogP contribution in [-0.2, 0) is 6.54 Å². The molecule has 0 aromatic carbocycles. The maximum absolute atomic E-state index is 11.3. The summed E-state index contributed by atoms with van der Waals surface area (Å²) in [7, 11) is 0. The van der Waals surface area contributed by atoms with E-state index in [-0.39, 0.29) is 17.4 Å². The molecule has 0 saturated heterocycles. The zero-order valence-corrected chi connectivity index (χ0v) is 8.56. The lowest BCUT2D eigenvalue weighted by atomic mass is 10.3. The molecule has 15 heavy (non-hydrogen) atoms. The lowest BCUT2D eigenvalue weighted by Crippen LogP contribution is -2.40. The first kappa shape index (κ1) is 11.1. The second-order valence-corrected chi connectivity index (χ2v) is 2.88. The molecule has 0 unspecified atom stereocenters. The second-order valence-electron chi connectivity index (χ2n) is 2.88. The standard InChI is InChI=1S/C9H11N3O3/c1-4-5-12-8(6(2)13)9(15-11-12)10-7(3)14/h4H,1,5H2,2-3H3. The van der Waals surface area contributed by atoms with E-state index in [9.17, 15) is 9.90 Å². The molecule has 1 aromatic heterocycles. The van der Waals surface area contributed by atoms with Crippen LogP contribution in [0.25, 0.3) is 0 Å². The molecule has 0 aliphatic carbocycles. The van der Waals surface area contributed by atoms with Gasteiger partial charge >= 0.3 is 11.6 Å². The van der Waals surface area contributed by atoms with Crippen molar-refractivity contribution in [1.29, 1.82) is 0 Å². The summed E-state index contributed by atoms with van der Waals surface area (Å²) in [6.07, 6.45) is 1.56. The molecule has 1 heterocycles. The van der Waals surface area contributed by atoms with E-state index in [1.807, 2.05) is 0 Å². The third kappa shape index (κ3) is 2.49. The van der Waals surface area contributed by atoms with Gasteiger partial charge in [0.2, 0.25) is 11.1 Å². The monoisotopic (exact) mass is 209 g/mol. The van der Waals surface area contributed by atoms with Crippen LogP contribution in [0.15, 0.2) is 22.2 Å². The van der Waals surface area contributed by atoms with Gasteiger partial charge in [0.15, 0.2) is 6.54 Å². The van der Waals surface area contributed by atoms with Crippen LogP contribution in [0.2, 0.25) is 0 Å². The van der Waals surface area contributed by atoms with Crippen molar-refractivity contribution in [3.63, 3.8) is 0 Å². The molecule has 0 radical (unpaired) electrons. The van der Waals surface area contributed by atoms with Gasteiger partial charge in [-0.15, -0.1) is 0 Å². The topological polar surface area (TPSA) is 82.4 Å². The molecule has 0 aliphatic heterocycles. The van der Waals surface area contributed by atoms with E-state index in [0.29, 0.717) is 6.54 Å². The molecule has 0 N–H and O–H groups in total. The highest BCUT2D eigenvalue weighted by Gasteiger charge is 2.27. The van der Waals surface area contributed by atoms with E-state index < -0.39 is 5.90 Å². The Balaban J connectivity index is 3.23. The molecular formula is C9H11N3O3. The molecule has 0 aliphatic rings. The van der Waals surface area contributed by atoms with Crippen molar-refractivity contribution in [1.82, 2.24) is 5.27 Å². The Kier molecular flexibility index (Phi) is 3.33. The quantitative estimate of drug-likeness (QED) is 0.225. The summed E-state index contributed by atoms with van der Waals surface area (Å²) in [5.41, 5.74) is 0.171. The normalized spacial score (nSPS) is 11.5. The van der Waals surface area contributed by atoms with Crippen LogP contribution in [0, 0.1) is 0 Å². The Morgan fingerprint density at radius 1 is 1.73 bits per heavy atom. The van der Waals surface area contributed by atoms with E-state index in [0.717, 1.165) is 0 Å². The van der Waals surface area contributed by atoms with Crippen LogP contribution in [0.4, 0.5) is 5.88 Å². The molecule has 0 amide bonds. The number of aromatic nitrogens is 2. The van der Waals surface area contributed by atoms with E-state index in [1.54, 1.807) is 6.08 Å². The van der Waals surface area contributed by atoms with Gasteiger partial charge in [-0.1, -0.05) is 6.58 Å². The summed E-state index contributed by atoms with van der Waals surface area (Å²) in [4.78, 5) is 14.8. The number of rotatable bonds is 4. The molecule has 0 spiro atoms. The van der Waals surface area contributed by atoms with Crippen LogP contribution < -0.4 is 9.79 Å². The lowest BCUT2D eigenvalue weighted by molar-refractivity contribution is -0.754. The molecule has 0 fully saturated rings. The van der Waals surface area contributed by atoms with E-state index in [1.165, 1.54) is 18.5 Å². The first-order valence-electron chi connectivity index (χ1n) is 4.30. The second kappa shape index (κ2) is 4.50. The molecule has 0 bridgehead atoms. The molecule has 0 atom stereocenters. The van der Waals surface area contributed by atoms with E-state index in [2.05, 4.69) is 16.8 Å². The van der Waals surface area contributed by atoms with Gasteiger partial charge in [0.05, 0.1) is 0 Å². The average molecular weight is 209 g/mol. The van der Waals surface area contributed by atoms with Crippen molar-refractivity contribution < 1.29 is 19.1 Å². The van der Waals surface area contributed by atoms with Gasteiger partial charge in [-0.05, 0) is 23.6 Å². The van der Waals surface area contributed by atoms with Crippen LogP contribution in [-0.4, -0.2) is 17.0 Å². The van der Waals surface area contributed by atoms with Gasteiger partial charge < -0.3 is 5.11 Å². The Morgan fingerprint density at radius 2 is 2.40 bits per heavy atom. The lowest BCUT2D eigenvalue weighted by Gasteiger charge is -1.97. The van der Waals surface area contributed by atoms with Crippen molar-refractivity contribution >= 4 is 17.6 Å². The fraction of sp³-hybridized carbons (Fsp3) is 0.333. The van der Waals surface area contributed by atoms with Crippen LogP contribution in [0.5, 0.6) is 0 Å². The maximum Gasteiger partial charge on any atom is 0.342 e. The van der Waals surface area contributed by atoms with Gasteiger partial charge in [-0.25, -0.2) is 4.99 Å². The van der Waals surface area contributed by atoms with Crippen molar-refractivity contribution in [3.8, 4) is 0 Å². The number of Topliss-reactive ketones (excluding diaryl/α,β-unsaturated/α-hetero) is 1. The van der Waals surface area contributed by atoms with E-state index >= 15 is 0 Å². The minimum Gasteiger partial charge on any atom is -0.862 e. The third-order valence-electron chi connectivity index (χ3n) is 1.58. The average Bonchev–Trinajstić information content (AvgIpc) is 2.47. The number of hydrogen-bond donors (Lipinski definition) is 0. The first-order valence-corrected chi connectivity index (χ1v) is 4.30. The number of allylic oxidation sites excluding steroid dienone is 1. The number of nitrogens with zero attached hydrogens (tertiary/aromatic N) is 3. The van der Waals surface area contributed by atoms with Gasteiger partial charge in [-0.3, -0.25) is 9.32 Å². The predicted octanol–water partition coefficient (Wildman–Crippen LogP) is -0.239. The fourth-order valence-corrected chi connectivity index (χ4v) is 1.08. The summed E-state index contributed by atoms with van der Waals surface area (Å²) < 4.78 is 6.08. The summed E-state index contributed by atoms with van der Waals surface area (Å²) >= 11 is 0. The third-order valence-corrected chi connectivity index (χ3v) is 1.58. The van der Waals surface area contributed by atoms with Crippen molar-refractivity contribution in [2.45, 2.75) is 20.4 Å². The molecule has 0 saturated carbocycles. The van der Waals surface area contributed by atoms with Crippen LogP contribution >= 0.6 is 0 Å². The number of carbonyl (C=O) groups excluding carboxylic acids is 1. The SMILES string of the molecule is C=CC[n+]1noc(/N=C(\C)[O-])c1C(C)=O. The molecule has 1 aromatic rings. The zero-order chi connectivity index (χ0) is 11.4. The molecule has 6 nitrogen and oxygen atoms in total. The Hall–Kier alpha value is -1.98. The predicted molar refractivity (Wildman–Crippen MR) is 49.7 cm³/mol. The van der Waals surface area contributed by atoms with Crippen LogP contribution in [0.1, 0.15) is 24.3 Å². The van der Waals surface area contributed by atoms with Gasteiger partial charge in [0.25, 0.3) is 0 Å². The van der Waals surface area contributed by atoms with Gasteiger partial charge in [-0.2, -0.15) is 0 Å². The van der Waals surface area contributed by atoms with E-state index in [4.69, 9.17) is 4.52 Å². The summed E-state index contributed by atoms with van der Waals surface area (Å²) in [6.45, 7) is 6.46. The highest BCUT2D eigenvalue weighted by molar-refractivity contribution is 5.94. The first-order chi connectivity index (χ1) is 7.06. The number of aliphatic imine (C=N–C) groups is 1. The molecule has 1 rings (SSSR count). The smallest absolute Gasteiger partial charge is 0.342 e. The minimum atomic E-state index is -0.445. The van der Waals surface area contributed by atoms with Gasteiger partial charge in [0, 0.05) is 6.92 Å². The van der Waals surface area contributed by atoms with Gasteiger partial charge in [0.1, 0.15) is 0 Å². The van der Waals surface area contributed by atoms with Crippen LogP contribution in [0.3, 0.4) is 0 Å². The largest absolute Gasteiger partial charge is 0.862 e. The van der Waals surface area contributed by atoms with Crippen molar-refractivity contribution in [2.24, 2.45) is 4.99 Å². The highest BCUT2D eigenvalue weighted by Crippen LogP contribution is 2.14. The zero-order valence-electron chi connectivity index (χ0n) is 8.56. The Bertz CT molecular complexity index is 416. The Labute approximate surface area is 86.5 Å². The summed E-state index contributed by atoms with van der Waals surface area (Å²) in [5, 5.41) is 14.3. The summed E-state index contributed by atoms with van der Waals surface area (Å²) in [6, 6.07) is 0. The molecule has 80 valence electrons. The number of ketones is 1. The summed E-state index contributed by atoms with van der Waals surface area (Å²) in [5.74, 6) is -0.769. The molecular weight excluding hydrogens is 198 g/mol. The van der Waals surface area contributed by atoms with Crippen molar-refractivity contribution in [2.75, 3.05) is 0 Å². The number of hydrogen-bond acceptors (Lipinski definition) is 5. The maximum atomic E-state index is 11.3.